The number of para-hydroxylation sites is 2. The van der Waals surface area contributed by atoms with Crippen LogP contribution in [-0.2, 0) is 17.8 Å². The zero-order valence-corrected chi connectivity index (χ0v) is 12.4. The summed E-state index contributed by atoms with van der Waals surface area (Å²) in [5.74, 6) is 1.77. The van der Waals surface area contributed by atoms with Crippen molar-refractivity contribution in [3.63, 3.8) is 0 Å². The van der Waals surface area contributed by atoms with Crippen molar-refractivity contribution in [2.75, 3.05) is 11.9 Å². The lowest BCUT2D eigenvalue weighted by molar-refractivity contribution is 0.0983. The molecular formula is C17H19N3O2. The maximum atomic E-state index is 5.79. The number of hydrogen-bond donors (Lipinski definition) is 1. The number of fused-ring (bicyclic) bond motifs is 1. The molecule has 1 aliphatic heterocycles. The minimum absolute atomic E-state index is 0.279. The first-order valence-corrected chi connectivity index (χ1v) is 7.73. The highest BCUT2D eigenvalue weighted by molar-refractivity contribution is 5.78. The van der Waals surface area contributed by atoms with Crippen LogP contribution in [0.3, 0.4) is 0 Å². The maximum Gasteiger partial charge on any atom is 0.204 e. The Hall–Kier alpha value is -2.27. The Morgan fingerprint density at radius 3 is 3.00 bits per heavy atom. The molecule has 1 N–H and O–H groups in total. The van der Waals surface area contributed by atoms with Crippen LogP contribution in [0.15, 0.2) is 47.1 Å². The monoisotopic (exact) mass is 297 g/mol. The highest BCUT2D eigenvalue weighted by Gasteiger charge is 2.19. The molecule has 0 saturated carbocycles. The minimum Gasteiger partial charge on any atom is -0.467 e. The summed E-state index contributed by atoms with van der Waals surface area (Å²) in [5, 5.41) is 3.38. The molecular weight excluding hydrogens is 278 g/mol. The third-order valence-corrected chi connectivity index (χ3v) is 4.07. The number of rotatable bonds is 5. The standard InChI is InChI=1S/C17H19N3O2/c1-2-8-16-15(7-1)19-17(18-11-13-5-3-9-21-13)20(16)12-14-6-4-10-22-14/h1-3,5,7-9,14H,4,6,10-12H2,(H,18,19). The second-order valence-electron chi connectivity index (χ2n) is 5.60. The van der Waals surface area contributed by atoms with Crippen LogP contribution in [0.2, 0.25) is 0 Å². The Balaban J connectivity index is 1.63. The van der Waals surface area contributed by atoms with Crippen LogP contribution in [0.5, 0.6) is 0 Å². The molecule has 1 aliphatic rings. The lowest BCUT2D eigenvalue weighted by Crippen LogP contribution is -2.17. The van der Waals surface area contributed by atoms with Crippen molar-refractivity contribution in [1.82, 2.24) is 9.55 Å². The molecule has 4 rings (SSSR count). The lowest BCUT2D eigenvalue weighted by atomic mass is 10.2. The second-order valence-corrected chi connectivity index (χ2v) is 5.60. The van der Waals surface area contributed by atoms with E-state index in [-0.39, 0.29) is 6.10 Å². The molecule has 1 aromatic carbocycles. The smallest absolute Gasteiger partial charge is 0.204 e. The zero-order chi connectivity index (χ0) is 14.8. The summed E-state index contributed by atoms with van der Waals surface area (Å²) < 4.78 is 13.4. The lowest BCUT2D eigenvalue weighted by Gasteiger charge is -2.14. The van der Waals surface area contributed by atoms with Crippen LogP contribution in [0.4, 0.5) is 5.95 Å². The highest BCUT2D eigenvalue weighted by Crippen LogP contribution is 2.23. The molecule has 1 saturated heterocycles. The topological polar surface area (TPSA) is 52.2 Å². The van der Waals surface area contributed by atoms with Gasteiger partial charge >= 0.3 is 0 Å². The number of hydrogen-bond acceptors (Lipinski definition) is 4. The molecule has 1 fully saturated rings. The third-order valence-electron chi connectivity index (χ3n) is 4.07. The molecule has 22 heavy (non-hydrogen) atoms. The number of ether oxygens (including phenoxy) is 1. The van der Waals surface area contributed by atoms with Crippen LogP contribution in [0.1, 0.15) is 18.6 Å². The summed E-state index contributed by atoms with van der Waals surface area (Å²) in [4.78, 5) is 4.71. The van der Waals surface area contributed by atoms with Crippen LogP contribution in [-0.4, -0.2) is 22.3 Å². The van der Waals surface area contributed by atoms with Gasteiger partial charge in [-0.3, -0.25) is 0 Å². The Labute approximate surface area is 128 Å². The predicted octanol–water partition coefficient (Wildman–Crippen LogP) is 3.42. The quantitative estimate of drug-likeness (QED) is 0.784. The van der Waals surface area contributed by atoms with Crippen molar-refractivity contribution < 1.29 is 9.15 Å². The van der Waals surface area contributed by atoms with Gasteiger partial charge in [-0.15, -0.1) is 0 Å². The van der Waals surface area contributed by atoms with Gasteiger partial charge in [-0.05, 0) is 37.1 Å². The molecule has 1 unspecified atom stereocenters. The molecule has 5 heteroatoms. The largest absolute Gasteiger partial charge is 0.467 e. The first kappa shape index (κ1) is 13.4. The molecule has 2 aromatic heterocycles. The molecule has 0 spiro atoms. The number of anilines is 1. The predicted molar refractivity (Wildman–Crippen MR) is 84.7 cm³/mol. The molecule has 5 nitrogen and oxygen atoms in total. The van der Waals surface area contributed by atoms with E-state index in [2.05, 4.69) is 16.0 Å². The number of furan rings is 1. The van der Waals surface area contributed by atoms with Crippen LogP contribution in [0, 0.1) is 0 Å². The van der Waals surface area contributed by atoms with E-state index in [1.807, 2.05) is 30.3 Å². The number of imidazole rings is 1. The van der Waals surface area contributed by atoms with Crippen molar-refractivity contribution >= 4 is 17.0 Å². The van der Waals surface area contributed by atoms with Gasteiger partial charge in [-0.2, -0.15) is 0 Å². The number of benzene rings is 1. The average molecular weight is 297 g/mol. The molecule has 3 aromatic rings. The Kier molecular flexibility index (Phi) is 3.56. The van der Waals surface area contributed by atoms with Gasteiger partial charge in [0.05, 0.1) is 36.5 Å². The molecule has 0 amide bonds. The van der Waals surface area contributed by atoms with E-state index in [0.717, 1.165) is 48.7 Å². The van der Waals surface area contributed by atoms with E-state index in [1.165, 1.54) is 0 Å². The summed E-state index contributed by atoms with van der Waals surface area (Å²) in [6.45, 7) is 2.33. The first-order valence-electron chi connectivity index (χ1n) is 7.73. The van der Waals surface area contributed by atoms with Gasteiger partial charge in [0.1, 0.15) is 5.76 Å². The molecule has 1 atom stereocenters. The normalized spacial score (nSPS) is 18.1. The summed E-state index contributed by atoms with van der Waals surface area (Å²) in [6, 6.07) is 12.1. The Morgan fingerprint density at radius 2 is 2.18 bits per heavy atom. The maximum absolute atomic E-state index is 5.79. The van der Waals surface area contributed by atoms with Crippen LogP contribution >= 0.6 is 0 Å². The number of aromatic nitrogens is 2. The van der Waals surface area contributed by atoms with Gasteiger partial charge in [0.2, 0.25) is 5.95 Å². The summed E-state index contributed by atoms with van der Waals surface area (Å²) in [7, 11) is 0. The second kappa shape index (κ2) is 5.85. The van der Waals surface area contributed by atoms with E-state index in [1.54, 1.807) is 6.26 Å². The van der Waals surface area contributed by atoms with E-state index in [0.29, 0.717) is 6.54 Å². The Bertz CT molecular complexity index is 742. The van der Waals surface area contributed by atoms with E-state index in [4.69, 9.17) is 14.1 Å². The van der Waals surface area contributed by atoms with Gasteiger partial charge in [-0.25, -0.2) is 4.98 Å². The molecule has 114 valence electrons. The number of nitrogens with zero attached hydrogens (tertiary/aromatic N) is 2. The van der Waals surface area contributed by atoms with E-state index in [9.17, 15) is 0 Å². The van der Waals surface area contributed by atoms with Gasteiger partial charge < -0.3 is 19.0 Å². The third kappa shape index (κ3) is 2.60. The fourth-order valence-corrected chi connectivity index (χ4v) is 2.97. The molecule has 0 bridgehead atoms. The zero-order valence-electron chi connectivity index (χ0n) is 12.4. The Morgan fingerprint density at radius 1 is 1.23 bits per heavy atom. The van der Waals surface area contributed by atoms with Gasteiger partial charge in [0.25, 0.3) is 0 Å². The van der Waals surface area contributed by atoms with E-state index < -0.39 is 0 Å². The van der Waals surface area contributed by atoms with Gasteiger partial charge in [0, 0.05) is 6.61 Å². The van der Waals surface area contributed by atoms with Crippen LogP contribution in [0.25, 0.3) is 11.0 Å². The van der Waals surface area contributed by atoms with Gasteiger partial charge in [0.15, 0.2) is 0 Å². The molecule has 3 heterocycles. The fourth-order valence-electron chi connectivity index (χ4n) is 2.97. The van der Waals surface area contributed by atoms with Crippen molar-refractivity contribution in [2.45, 2.75) is 32.0 Å². The van der Waals surface area contributed by atoms with Crippen LogP contribution < -0.4 is 5.32 Å². The number of nitrogens with one attached hydrogen (secondary N) is 1. The minimum atomic E-state index is 0.279. The highest BCUT2D eigenvalue weighted by atomic mass is 16.5. The van der Waals surface area contributed by atoms with Crippen molar-refractivity contribution in [2.24, 2.45) is 0 Å². The van der Waals surface area contributed by atoms with E-state index >= 15 is 0 Å². The van der Waals surface area contributed by atoms with Gasteiger partial charge in [-0.1, -0.05) is 12.1 Å². The SMILES string of the molecule is c1coc(CNc2nc3ccccc3n2CC2CCCO2)c1. The molecule has 0 aliphatic carbocycles. The summed E-state index contributed by atoms with van der Waals surface area (Å²) in [6.07, 6.45) is 4.23. The fraction of sp³-hybridized carbons (Fsp3) is 0.353. The van der Waals surface area contributed by atoms with Crippen molar-refractivity contribution in [1.29, 1.82) is 0 Å². The summed E-state index contributed by atoms with van der Waals surface area (Å²) in [5.41, 5.74) is 2.14. The van der Waals surface area contributed by atoms with Crippen molar-refractivity contribution in [3.8, 4) is 0 Å². The first-order chi connectivity index (χ1) is 10.9. The average Bonchev–Trinajstić information content (AvgIpc) is 3.27. The summed E-state index contributed by atoms with van der Waals surface area (Å²) >= 11 is 0. The van der Waals surface area contributed by atoms with Crippen molar-refractivity contribution in [3.05, 3.63) is 48.4 Å². The molecule has 0 radical (unpaired) electrons.